The molecule has 0 radical (unpaired) electrons. The van der Waals surface area contributed by atoms with Crippen molar-refractivity contribution in [2.75, 3.05) is 9.91 Å². The number of halogens is 2. The number of ether oxygens (including phenoxy) is 1. The number of nitrogens with zero attached hydrogens (tertiary/aromatic N) is 3. The van der Waals surface area contributed by atoms with Crippen molar-refractivity contribution in [1.82, 2.24) is 0 Å². The Morgan fingerprint density at radius 1 is 0.714 bits per heavy atom. The van der Waals surface area contributed by atoms with Gasteiger partial charge in [0.2, 0.25) is 11.8 Å². The maximum absolute atomic E-state index is 13.6. The molecule has 2 amide bonds. The van der Waals surface area contributed by atoms with Crippen molar-refractivity contribution in [3.05, 3.63) is 94.5 Å². The number of rotatable bonds is 3. The molecule has 3 aromatic rings. The molecule has 0 aromatic heterocycles. The van der Waals surface area contributed by atoms with E-state index in [1.165, 1.54) is 4.90 Å². The van der Waals surface area contributed by atoms with Crippen molar-refractivity contribution in [2.45, 2.75) is 18.2 Å². The molecule has 7 rings (SSSR count). The fourth-order valence-corrected chi connectivity index (χ4v) is 6.53. The maximum atomic E-state index is 13.6. The van der Waals surface area contributed by atoms with E-state index in [2.05, 4.69) is 0 Å². The molecule has 6 nitrogen and oxygen atoms in total. The summed E-state index contributed by atoms with van der Waals surface area (Å²) in [5.41, 5.74) is 3.05. The molecule has 3 fully saturated rings. The van der Waals surface area contributed by atoms with E-state index in [4.69, 9.17) is 33.0 Å². The van der Waals surface area contributed by atoms with Gasteiger partial charge in [0.25, 0.3) is 0 Å². The third-order valence-corrected chi connectivity index (χ3v) is 8.13. The third kappa shape index (κ3) is 2.91. The van der Waals surface area contributed by atoms with Gasteiger partial charge in [-0.25, -0.2) is 4.90 Å². The maximum Gasteiger partial charge on any atom is 0.240 e. The van der Waals surface area contributed by atoms with E-state index < -0.39 is 24.0 Å². The van der Waals surface area contributed by atoms with Gasteiger partial charge in [-0.1, -0.05) is 59.6 Å². The first-order chi connectivity index (χ1) is 17.0. The number of fused-ring (bicyclic) bond motifs is 8. The molecule has 35 heavy (non-hydrogen) atoms. The Morgan fingerprint density at radius 2 is 1.37 bits per heavy atom. The van der Waals surface area contributed by atoms with Crippen LogP contribution in [0.5, 0.6) is 0 Å². The van der Waals surface area contributed by atoms with E-state index >= 15 is 0 Å². The number of hydrogen-bond acceptors (Lipinski definition) is 5. The molecule has 3 aromatic carbocycles. The number of amides is 2. The smallest absolute Gasteiger partial charge is 0.240 e. The molecule has 0 aliphatic carbocycles. The lowest BCUT2D eigenvalue weighted by molar-refractivity contribution is -0.125. The summed E-state index contributed by atoms with van der Waals surface area (Å²) in [5, 5.41) is 8.10. The summed E-state index contributed by atoms with van der Waals surface area (Å²) >= 11 is 12.6. The number of hydrogen-bond donors (Lipinski definition) is 0. The topological polar surface area (TPSA) is 62.2 Å². The normalized spacial score (nSPS) is 30.6. The second-order valence-electron chi connectivity index (χ2n) is 9.27. The van der Waals surface area contributed by atoms with Crippen LogP contribution in [-0.4, -0.2) is 35.8 Å². The number of hydrazone groups is 1. The van der Waals surface area contributed by atoms with Crippen molar-refractivity contribution in [1.29, 1.82) is 0 Å². The number of anilines is 2. The molecular weight excluding hydrogens is 485 g/mol. The third-order valence-electron chi connectivity index (χ3n) is 7.55. The average Bonchev–Trinajstić information content (AvgIpc) is 3.60. The zero-order valence-corrected chi connectivity index (χ0v) is 19.8. The molecule has 4 heterocycles. The van der Waals surface area contributed by atoms with Gasteiger partial charge in [0, 0.05) is 15.6 Å². The van der Waals surface area contributed by atoms with Crippen molar-refractivity contribution in [3.63, 3.8) is 0 Å². The molecule has 0 saturated carbocycles. The minimum Gasteiger partial charge on any atom is -0.370 e. The van der Waals surface area contributed by atoms with Crippen LogP contribution in [-0.2, 0) is 14.3 Å². The van der Waals surface area contributed by atoms with E-state index in [1.54, 1.807) is 24.3 Å². The van der Waals surface area contributed by atoms with Gasteiger partial charge < -0.3 is 4.74 Å². The van der Waals surface area contributed by atoms with Gasteiger partial charge in [-0.15, -0.1) is 0 Å². The second-order valence-corrected chi connectivity index (χ2v) is 10.1. The molecular formula is C27H19Cl2N3O3. The van der Waals surface area contributed by atoms with Crippen LogP contribution < -0.4 is 9.91 Å². The molecule has 0 N–H and O–H groups in total. The van der Waals surface area contributed by atoms with Crippen LogP contribution in [0.3, 0.4) is 0 Å². The fourth-order valence-electron chi connectivity index (χ4n) is 6.17. The van der Waals surface area contributed by atoms with E-state index in [0.717, 1.165) is 17.0 Å². The largest absolute Gasteiger partial charge is 0.370 e. The second kappa shape index (κ2) is 7.65. The molecule has 0 unspecified atom stereocenters. The Kier molecular flexibility index (Phi) is 4.62. The van der Waals surface area contributed by atoms with Gasteiger partial charge >= 0.3 is 0 Å². The highest BCUT2D eigenvalue weighted by Gasteiger charge is 2.72. The van der Waals surface area contributed by atoms with Gasteiger partial charge in [-0.05, 0) is 42.5 Å². The molecule has 3 saturated heterocycles. The number of carbonyl (C=O) groups excluding carboxylic acids is 2. The summed E-state index contributed by atoms with van der Waals surface area (Å²) in [7, 11) is 0. The van der Waals surface area contributed by atoms with Crippen molar-refractivity contribution in [3.8, 4) is 0 Å². The van der Waals surface area contributed by atoms with Crippen LogP contribution in [0.1, 0.15) is 5.56 Å². The summed E-state index contributed by atoms with van der Waals surface area (Å²) in [6.45, 7) is 0. The number of carbonyl (C=O) groups is 2. The van der Waals surface area contributed by atoms with Crippen LogP contribution in [0, 0.1) is 17.8 Å². The molecule has 4 aliphatic rings. The van der Waals surface area contributed by atoms with Gasteiger partial charge in [0.1, 0.15) is 0 Å². The van der Waals surface area contributed by atoms with E-state index in [0.29, 0.717) is 15.7 Å². The molecule has 2 bridgehead atoms. The zero-order chi connectivity index (χ0) is 23.8. The Balaban J connectivity index is 1.33. The van der Waals surface area contributed by atoms with Crippen LogP contribution in [0.15, 0.2) is 84.0 Å². The van der Waals surface area contributed by atoms with Crippen LogP contribution in [0.25, 0.3) is 0 Å². The molecule has 0 spiro atoms. The Morgan fingerprint density at radius 3 is 2.09 bits per heavy atom. The van der Waals surface area contributed by atoms with Crippen molar-refractivity contribution < 1.29 is 14.3 Å². The molecule has 6 atom stereocenters. The highest BCUT2D eigenvalue weighted by atomic mass is 35.5. The molecule has 8 heteroatoms. The SMILES string of the molecule is O=C1[C@@H]2[C@H]3O[C@@H]([C@@H]2C(=O)N1c1ccc(Cl)cc1)[C@H]1[C@@H]3C(c2ccccc2Cl)=NN1c1ccccc1. The highest BCUT2D eigenvalue weighted by Crippen LogP contribution is 2.56. The Hall–Kier alpha value is -3.19. The summed E-state index contributed by atoms with van der Waals surface area (Å²) in [6.07, 6.45) is -0.930. The first-order valence-corrected chi connectivity index (χ1v) is 12.3. The van der Waals surface area contributed by atoms with Crippen LogP contribution in [0.2, 0.25) is 10.0 Å². The van der Waals surface area contributed by atoms with E-state index in [-0.39, 0.29) is 23.8 Å². The lowest BCUT2D eigenvalue weighted by Crippen LogP contribution is -2.50. The Labute approximate surface area is 211 Å². The summed E-state index contributed by atoms with van der Waals surface area (Å²) in [5.74, 6) is -1.77. The minimum atomic E-state index is -0.562. The minimum absolute atomic E-state index is 0.191. The summed E-state index contributed by atoms with van der Waals surface area (Å²) < 4.78 is 6.44. The number of imide groups is 1. The van der Waals surface area contributed by atoms with Gasteiger partial charge in [0.05, 0.1) is 53.1 Å². The van der Waals surface area contributed by atoms with Gasteiger partial charge in [-0.3, -0.25) is 14.6 Å². The molecule has 174 valence electrons. The quantitative estimate of drug-likeness (QED) is 0.482. The monoisotopic (exact) mass is 503 g/mol. The molecule has 4 aliphatic heterocycles. The van der Waals surface area contributed by atoms with Crippen molar-refractivity contribution >= 4 is 52.1 Å². The van der Waals surface area contributed by atoms with Crippen LogP contribution in [0.4, 0.5) is 11.4 Å². The lowest BCUT2D eigenvalue weighted by atomic mass is 9.70. The standard InChI is InChI=1S/C27H19Cl2N3O3/c28-14-10-12-15(13-11-14)31-26(33)19-20(27(31)34)25-23-21(24(19)35-25)22(17-8-4-5-9-18(17)29)30-32(23)16-6-2-1-3-7-16/h1-13,19-21,23-25H/t19-,20+,21-,23+,24+,25-/m0/s1. The number of para-hydroxylation sites is 1. The number of benzene rings is 3. The zero-order valence-electron chi connectivity index (χ0n) is 18.3. The van der Waals surface area contributed by atoms with Crippen molar-refractivity contribution in [2.24, 2.45) is 22.9 Å². The predicted octanol–water partition coefficient (Wildman–Crippen LogP) is 4.79. The lowest BCUT2D eigenvalue weighted by Gasteiger charge is -2.32. The average molecular weight is 504 g/mol. The van der Waals surface area contributed by atoms with E-state index in [9.17, 15) is 9.59 Å². The van der Waals surface area contributed by atoms with Crippen LogP contribution >= 0.6 is 23.2 Å². The fraction of sp³-hybridized carbons (Fsp3) is 0.222. The first kappa shape index (κ1) is 21.1. The van der Waals surface area contributed by atoms with Gasteiger partial charge in [-0.2, -0.15) is 5.10 Å². The summed E-state index contributed by atoms with van der Waals surface area (Å²) in [4.78, 5) is 28.6. The predicted molar refractivity (Wildman–Crippen MR) is 134 cm³/mol. The van der Waals surface area contributed by atoms with Gasteiger partial charge in [0.15, 0.2) is 0 Å². The summed E-state index contributed by atoms with van der Waals surface area (Å²) in [6, 6.07) is 24.0. The Bertz CT molecular complexity index is 1390. The van der Waals surface area contributed by atoms with E-state index in [1.807, 2.05) is 59.6 Å². The highest BCUT2D eigenvalue weighted by molar-refractivity contribution is 6.34. The first-order valence-electron chi connectivity index (χ1n) is 11.5.